The van der Waals surface area contributed by atoms with Crippen LogP contribution in [0.4, 0.5) is 4.79 Å². The normalized spacial score (nSPS) is 12.0. The van der Waals surface area contributed by atoms with Gasteiger partial charge in [-0.05, 0) is 31.5 Å². The lowest BCUT2D eigenvalue weighted by Crippen LogP contribution is -2.37. The molecular formula is C14H18ClN5O. The van der Waals surface area contributed by atoms with Crippen molar-refractivity contribution in [1.82, 2.24) is 25.4 Å². The van der Waals surface area contributed by atoms with Gasteiger partial charge in [0.25, 0.3) is 0 Å². The van der Waals surface area contributed by atoms with Crippen LogP contribution in [0.3, 0.4) is 0 Å². The summed E-state index contributed by atoms with van der Waals surface area (Å²) in [5, 5.41) is 14.1. The van der Waals surface area contributed by atoms with E-state index in [4.69, 9.17) is 11.6 Å². The minimum absolute atomic E-state index is 0.132. The van der Waals surface area contributed by atoms with Crippen molar-refractivity contribution >= 4 is 17.6 Å². The summed E-state index contributed by atoms with van der Waals surface area (Å²) in [6, 6.07) is 7.03. The zero-order valence-electron chi connectivity index (χ0n) is 12.0. The van der Waals surface area contributed by atoms with E-state index in [0.29, 0.717) is 11.6 Å². The molecule has 2 amide bonds. The fourth-order valence-corrected chi connectivity index (χ4v) is 2.14. The van der Waals surface area contributed by atoms with Crippen molar-refractivity contribution in [1.29, 1.82) is 0 Å². The van der Waals surface area contributed by atoms with Gasteiger partial charge < -0.3 is 15.2 Å². The van der Waals surface area contributed by atoms with Crippen LogP contribution in [0.15, 0.2) is 30.6 Å². The molecule has 2 N–H and O–H groups in total. The minimum Gasteiger partial charge on any atom is -0.332 e. The summed E-state index contributed by atoms with van der Waals surface area (Å²) in [5.41, 5.74) is 0.953. The third-order valence-corrected chi connectivity index (χ3v) is 3.37. The predicted molar refractivity (Wildman–Crippen MR) is 80.9 cm³/mol. The number of carbonyl (C=O) groups is 1. The molecule has 0 fully saturated rings. The van der Waals surface area contributed by atoms with Crippen LogP contribution >= 0.6 is 11.6 Å². The Morgan fingerprint density at radius 2 is 2.29 bits per heavy atom. The Morgan fingerprint density at radius 3 is 3.00 bits per heavy atom. The molecule has 0 aliphatic rings. The van der Waals surface area contributed by atoms with Gasteiger partial charge in [0.05, 0.1) is 12.6 Å². The van der Waals surface area contributed by atoms with Crippen molar-refractivity contribution in [3.8, 4) is 0 Å². The zero-order valence-corrected chi connectivity index (χ0v) is 12.8. The molecule has 2 aromatic rings. The molecular weight excluding hydrogens is 290 g/mol. The summed E-state index contributed by atoms with van der Waals surface area (Å²) >= 11 is 5.94. The molecule has 1 aromatic heterocycles. The third-order valence-electron chi connectivity index (χ3n) is 3.14. The molecule has 21 heavy (non-hydrogen) atoms. The molecule has 112 valence electrons. The Labute approximate surface area is 128 Å². The monoisotopic (exact) mass is 307 g/mol. The van der Waals surface area contributed by atoms with Crippen molar-refractivity contribution in [3.63, 3.8) is 0 Å². The maximum atomic E-state index is 11.9. The van der Waals surface area contributed by atoms with Crippen LogP contribution in [0.5, 0.6) is 0 Å². The number of urea groups is 1. The maximum absolute atomic E-state index is 11.9. The quantitative estimate of drug-likeness (QED) is 0.891. The molecule has 0 unspecified atom stereocenters. The molecule has 0 aliphatic carbocycles. The summed E-state index contributed by atoms with van der Waals surface area (Å²) in [7, 11) is 0. The number of nitrogens with zero attached hydrogens (tertiary/aromatic N) is 3. The van der Waals surface area contributed by atoms with Gasteiger partial charge in [-0.2, -0.15) is 0 Å². The third kappa shape index (κ3) is 4.19. The highest BCUT2D eigenvalue weighted by atomic mass is 35.5. The van der Waals surface area contributed by atoms with Crippen LogP contribution in [0.2, 0.25) is 5.02 Å². The highest BCUT2D eigenvalue weighted by Crippen LogP contribution is 2.17. The zero-order chi connectivity index (χ0) is 15.2. The Hall–Kier alpha value is -2.08. The second kappa shape index (κ2) is 7.08. The molecule has 1 aromatic carbocycles. The molecule has 0 bridgehead atoms. The number of nitrogens with one attached hydrogen (secondary N) is 2. The topological polar surface area (TPSA) is 71.8 Å². The summed E-state index contributed by atoms with van der Waals surface area (Å²) in [6.45, 7) is 5.00. The number of carbonyl (C=O) groups excluding carboxylic acids is 1. The molecule has 0 spiro atoms. The average molecular weight is 308 g/mol. The second-order valence-electron chi connectivity index (χ2n) is 4.64. The highest BCUT2D eigenvalue weighted by Gasteiger charge is 2.10. The summed E-state index contributed by atoms with van der Waals surface area (Å²) in [4.78, 5) is 11.9. The standard InChI is InChI=1S/C14H18ClN5O/c1-3-20-9-17-19-13(20)8-16-14(21)18-10(2)11-5-4-6-12(15)7-11/h4-7,9-10H,3,8H2,1-2H3,(H2,16,18,21)/t10-/m1/s1. The molecule has 7 heteroatoms. The number of hydrogen-bond donors (Lipinski definition) is 2. The minimum atomic E-state index is -0.256. The van der Waals surface area contributed by atoms with E-state index in [2.05, 4.69) is 20.8 Å². The van der Waals surface area contributed by atoms with E-state index in [-0.39, 0.29) is 12.1 Å². The lowest BCUT2D eigenvalue weighted by Gasteiger charge is -2.15. The molecule has 0 aliphatic heterocycles. The van der Waals surface area contributed by atoms with Gasteiger partial charge in [-0.15, -0.1) is 10.2 Å². The average Bonchev–Trinajstić information content (AvgIpc) is 2.92. The molecule has 2 rings (SSSR count). The van der Waals surface area contributed by atoms with Gasteiger partial charge in [0.1, 0.15) is 6.33 Å². The van der Waals surface area contributed by atoms with Crippen LogP contribution in [-0.4, -0.2) is 20.8 Å². The summed E-state index contributed by atoms with van der Waals surface area (Å²) in [6.07, 6.45) is 1.64. The van der Waals surface area contributed by atoms with Gasteiger partial charge in [0.2, 0.25) is 0 Å². The first kappa shape index (κ1) is 15.3. The van der Waals surface area contributed by atoms with Crippen molar-refractivity contribution in [3.05, 3.63) is 47.0 Å². The van der Waals surface area contributed by atoms with Crippen LogP contribution in [0.1, 0.15) is 31.3 Å². The van der Waals surface area contributed by atoms with Gasteiger partial charge in [-0.3, -0.25) is 0 Å². The molecule has 6 nitrogen and oxygen atoms in total. The van der Waals surface area contributed by atoms with E-state index >= 15 is 0 Å². The number of benzene rings is 1. The van der Waals surface area contributed by atoms with Crippen molar-refractivity contribution in [2.45, 2.75) is 33.0 Å². The Balaban J connectivity index is 1.87. The maximum Gasteiger partial charge on any atom is 0.315 e. The number of halogens is 1. The number of hydrogen-bond acceptors (Lipinski definition) is 3. The lowest BCUT2D eigenvalue weighted by molar-refractivity contribution is 0.237. The van der Waals surface area contributed by atoms with Gasteiger partial charge in [-0.1, -0.05) is 23.7 Å². The Morgan fingerprint density at radius 1 is 1.48 bits per heavy atom. The summed E-state index contributed by atoms with van der Waals surface area (Å²) in [5.74, 6) is 0.725. The molecule has 1 heterocycles. The molecule has 1 atom stereocenters. The first-order valence-electron chi connectivity index (χ1n) is 6.76. The molecule has 0 saturated heterocycles. The number of aromatic nitrogens is 3. The van der Waals surface area contributed by atoms with E-state index in [1.165, 1.54) is 0 Å². The van der Waals surface area contributed by atoms with Crippen LogP contribution < -0.4 is 10.6 Å². The van der Waals surface area contributed by atoms with E-state index < -0.39 is 0 Å². The van der Waals surface area contributed by atoms with E-state index in [1.54, 1.807) is 12.4 Å². The second-order valence-corrected chi connectivity index (χ2v) is 5.07. The number of amides is 2. The molecule has 0 radical (unpaired) electrons. The van der Waals surface area contributed by atoms with E-state index in [9.17, 15) is 4.79 Å². The van der Waals surface area contributed by atoms with Crippen LogP contribution in [0, 0.1) is 0 Å². The fraction of sp³-hybridized carbons (Fsp3) is 0.357. The van der Waals surface area contributed by atoms with Crippen LogP contribution in [-0.2, 0) is 13.1 Å². The molecule has 0 saturated carbocycles. The van der Waals surface area contributed by atoms with Crippen molar-refractivity contribution < 1.29 is 4.79 Å². The fourth-order valence-electron chi connectivity index (χ4n) is 1.95. The Kier molecular flexibility index (Phi) is 5.16. The van der Waals surface area contributed by atoms with Gasteiger partial charge in [0.15, 0.2) is 5.82 Å². The predicted octanol–water partition coefficient (Wildman–Crippen LogP) is 2.51. The van der Waals surface area contributed by atoms with E-state index in [0.717, 1.165) is 17.9 Å². The van der Waals surface area contributed by atoms with Gasteiger partial charge >= 0.3 is 6.03 Å². The largest absolute Gasteiger partial charge is 0.332 e. The van der Waals surface area contributed by atoms with Crippen molar-refractivity contribution in [2.24, 2.45) is 0 Å². The highest BCUT2D eigenvalue weighted by molar-refractivity contribution is 6.30. The number of aryl methyl sites for hydroxylation is 1. The van der Waals surface area contributed by atoms with Crippen LogP contribution in [0.25, 0.3) is 0 Å². The van der Waals surface area contributed by atoms with Crippen molar-refractivity contribution in [2.75, 3.05) is 0 Å². The SMILES string of the molecule is CCn1cnnc1CNC(=O)N[C@H](C)c1cccc(Cl)c1. The summed E-state index contributed by atoms with van der Waals surface area (Å²) < 4.78 is 1.88. The number of rotatable bonds is 5. The van der Waals surface area contributed by atoms with Gasteiger partial charge in [0, 0.05) is 11.6 Å². The first-order valence-corrected chi connectivity index (χ1v) is 7.14. The smallest absolute Gasteiger partial charge is 0.315 e. The lowest BCUT2D eigenvalue weighted by atomic mass is 10.1. The van der Waals surface area contributed by atoms with E-state index in [1.807, 2.05) is 36.6 Å². The van der Waals surface area contributed by atoms with Gasteiger partial charge in [-0.25, -0.2) is 4.79 Å². The first-order chi connectivity index (χ1) is 10.1. The Bertz CT molecular complexity index is 613.